The van der Waals surface area contributed by atoms with Gasteiger partial charge < -0.3 is 10.6 Å². The molecule has 3 N–H and O–H groups in total. The Morgan fingerprint density at radius 3 is 2.62 bits per heavy atom. The van der Waals surface area contributed by atoms with E-state index in [1.807, 2.05) is 0 Å². The number of sulfonamides is 1. The molecule has 0 aromatic heterocycles. The quantitative estimate of drug-likeness (QED) is 0.821. The van der Waals surface area contributed by atoms with Crippen LogP contribution in [-0.4, -0.2) is 37.9 Å². The Morgan fingerprint density at radius 2 is 2.10 bits per heavy atom. The molecule has 6 nitrogen and oxygen atoms in total. The van der Waals surface area contributed by atoms with Crippen molar-refractivity contribution in [3.05, 3.63) is 29.8 Å². The molecule has 1 saturated heterocycles. The summed E-state index contributed by atoms with van der Waals surface area (Å²) in [5, 5.41) is 0. The van der Waals surface area contributed by atoms with Crippen LogP contribution in [0, 0.1) is 5.92 Å². The third kappa shape index (κ3) is 2.56. The lowest BCUT2D eigenvalue weighted by Crippen LogP contribution is -2.43. The third-order valence-corrected chi connectivity index (χ3v) is 5.97. The number of carbonyl (C=O) groups excluding carboxylic acids is 1. The van der Waals surface area contributed by atoms with Crippen LogP contribution in [-0.2, 0) is 21.4 Å². The van der Waals surface area contributed by atoms with Gasteiger partial charge in [0.1, 0.15) is 0 Å². The number of hydrogen-bond acceptors (Lipinski definition) is 4. The van der Waals surface area contributed by atoms with Crippen LogP contribution in [0.1, 0.15) is 18.9 Å². The molecule has 1 aromatic rings. The molecule has 1 heterocycles. The molecule has 21 heavy (non-hydrogen) atoms. The van der Waals surface area contributed by atoms with Crippen molar-refractivity contribution in [3.63, 3.8) is 0 Å². The number of piperidine rings is 1. The number of nitrogens with one attached hydrogen (secondary N) is 1. The molecule has 2 atom stereocenters. The van der Waals surface area contributed by atoms with Crippen LogP contribution in [0.25, 0.3) is 0 Å². The molecule has 1 aliphatic carbocycles. The molecule has 2 unspecified atom stereocenters. The zero-order valence-corrected chi connectivity index (χ0v) is 12.7. The van der Waals surface area contributed by atoms with Crippen molar-refractivity contribution in [2.75, 3.05) is 13.1 Å². The molecule has 2 aliphatic rings. The maximum atomic E-state index is 12.5. The van der Waals surface area contributed by atoms with E-state index in [0.717, 1.165) is 12.0 Å². The Bertz CT molecular complexity index is 671. The zero-order valence-electron chi connectivity index (χ0n) is 11.9. The van der Waals surface area contributed by atoms with Crippen molar-refractivity contribution >= 4 is 15.9 Å². The number of nitrogens with two attached hydrogens (primary N) is 1. The lowest BCUT2D eigenvalue weighted by Gasteiger charge is -2.20. The Balaban J connectivity index is 1.76. The Morgan fingerprint density at radius 1 is 1.43 bits per heavy atom. The molecular formula is C14H19N3O3S. The average molecular weight is 309 g/mol. The van der Waals surface area contributed by atoms with Gasteiger partial charge in [0, 0.05) is 26.6 Å². The summed E-state index contributed by atoms with van der Waals surface area (Å²) >= 11 is 0. The fourth-order valence-electron chi connectivity index (χ4n) is 3.01. The summed E-state index contributed by atoms with van der Waals surface area (Å²) in [4.78, 5) is 13.3. The van der Waals surface area contributed by atoms with Crippen LogP contribution in [0.5, 0.6) is 0 Å². The summed E-state index contributed by atoms with van der Waals surface area (Å²) in [5.41, 5.74) is 5.94. The Hall–Kier alpha value is -1.44. The van der Waals surface area contributed by atoms with E-state index in [9.17, 15) is 13.2 Å². The van der Waals surface area contributed by atoms with Crippen molar-refractivity contribution < 1.29 is 13.2 Å². The van der Waals surface area contributed by atoms with Gasteiger partial charge in [-0.15, -0.1) is 0 Å². The maximum absolute atomic E-state index is 12.5. The summed E-state index contributed by atoms with van der Waals surface area (Å²) in [6.45, 7) is 3.00. The second-order valence-electron chi connectivity index (χ2n) is 5.91. The van der Waals surface area contributed by atoms with Crippen molar-refractivity contribution in [2.24, 2.45) is 11.7 Å². The monoisotopic (exact) mass is 309 g/mol. The molecule has 0 radical (unpaired) electrons. The minimum atomic E-state index is -3.56. The van der Waals surface area contributed by atoms with Crippen molar-refractivity contribution in [2.45, 2.75) is 30.3 Å². The van der Waals surface area contributed by atoms with Crippen LogP contribution in [0.2, 0.25) is 0 Å². The fourth-order valence-corrected chi connectivity index (χ4v) is 4.48. The van der Waals surface area contributed by atoms with Gasteiger partial charge >= 0.3 is 0 Å². The molecule has 114 valence electrons. The van der Waals surface area contributed by atoms with E-state index in [1.54, 1.807) is 29.2 Å². The van der Waals surface area contributed by atoms with Crippen LogP contribution in [0.3, 0.4) is 0 Å². The molecule has 1 aromatic carbocycles. The van der Waals surface area contributed by atoms with E-state index in [2.05, 4.69) is 4.72 Å². The van der Waals surface area contributed by atoms with Gasteiger partial charge in [-0.3, -0.25) is 4.79 Å². The first kappa shape index (κ1) is 14.5. The number of likely N-dealkylation sites (tertiary alicyclic amines) is 1. The van der Waals surface area contributed by atoms with Gasteiger partial charge in [0.05, 0.1) is 10.4 Å². The molecular weight excluding hydrogens is 290 g/mol. The second kappa shape index (κ2) is 4.79. The minimum Gasteiger partial charge on any atom is -0.341 e. The molecule has 1 aliphatic heterocycles. The lowest BCUT2D eigenvalue weighted by molar-refractivity contribution is -0.128. The predicted octanol–water partition coefficient (Wildman–Crippen LogP) is 0.0444. The van der Waals surface area contributed by atoms with E-state index in [4.69, 9.17) is 5.73 Å². The van der Waals surface area contributed by atoms with E-state index in [0.29, 0.717) is 19.6 Å². The summed E-state index contributed by atoms with van der Waals surface area (Å²) in [6, 6.07) is 6.56. The van der Waals surface area contributed by atoms with Gasteiger partial charge in [0.2, 0.25) is 15.9 Å². The number of amides is 1. The highest BCUT2D eigenvalue weighted by Gasteiger charge is 2.62. The number of fused-ring (bicyclic) bond motifs is 1. The summed E-state index contributed by atoms with van der Waals surface area (Å²) < 4.78 is 27.7. The van der Waals surface area contributed by atoms with E-state index >= 15 is 0 Å². The van der Waals surface area contributed by atoms with Gasteiger partial charge in [-0.2, -0.15) is 0 Å². The van der Waals surface area contributed by atoms with E-state index in [-0.39, 0.29) is 16.7 Å². The highest BCUT2D eigenvalue weighted by atomic mass is 32.2. The number of nitrogens with zero attached hydrogens (tertiary/aromatic N) is 1. The molecule has 1 saturated carbocycles. The Labute approximate surface area is 124 Å². The van der Waals surface area contributed by atoms with Gasteiger partial charge in [0.15, 0.2) is 0 Å². The van der Waals surface area contributed by atoms with Crippen LogP contribution >= 0.6 is 0 Å². The fraction of sp³-hybridized carbons (Fsp3) is 0.500. The topological polar surface area (TPSA) is 92.5 Å². The molecule has 0 bridgehead atoms. The van der Waals surface area contributed by atoms with Crippen molar-refractivity contribution in [1.82, 2.24) is 9.62 Å². The van der Waals surface area contributed by atoms with Crippen LogP contribution in [0.15, 0.2) is 29.2 Å². The number of carbonyl (C=O) groups is 1. The van der Waals surface area contributed by atoms with E-state index in [1.165, 1.54) is 6.92 Å². The largest absolute Gasteiger partial charge is 0.341 e. The first-order valence-corrected chi connectivity index (χ1v) is 8.43. The lowest BCUT2D eigenvalue weighted by atomic mass is 10.2. The molecule has 2 fully saturated rings. The van der Waals surface area contributed by atoms with Gasteiger partial charge in [-0.05, 0) is 30.0 Å². The highest BCUT2D eigenvalue weighted by Crippen LogP contribution is 2.50. The maximum Gasteiger partial charge on any atom is 0.241 e. The Kier molecular flexibility index (Phi) is 3.31. The molecule has 7 heteroatoms. The zero-order chi connectivity index (χ0) is 15.3. The van der Waals surface area contributed by atoms with Crippen molar-refractivity contribution in [1.29, 1.82) is 0 Å². The number of hydrogen-bond donors (Lipinski definition) is 2. The smallest absolute Gasteiger partial charge is 0.241 e. The normalized spacial score (nSPS) is 27.5. The standard InChI is InChI=1S/C14H19N3O3S/c1-10(18)17-8-12-6-14(12,9-17)16-21(19,20)13-4-2-11(7-15)3-5-13/h2-5,12,16H,6-9,15H2,1H3. The summed E-state index contributed by atoms with van der Waals surface area (Å²) in [7, 11) is -3.56. The highest BCUT2D eigenvalue weighted by molar-refractivity contribution is 7.89. The minimum absolute atomic E-state index is 0.00642. The molecule has 1 amide bonds. The van der Waals surface area contributed by atoms with E-state index < -0.39 is 15.6 Å². The average Bonchev–Trinajstić information content (AvgIpc) is 2.97. The predicted molar refractivity (Wildman–Crippen MR) is 77.7 cm³/mol. The summed E-state index contributed by atoms with van der Waals surface area (Å²) in [5.74, 6) is 0.229. The van der Waals surface area contributed by atoms with Gasteiger partial charge in [-0.1, -0.05) is 12.1 Å². The third-order valence-electron chi connectivity index (χ3n) is 4.40. The number of rotatable bonds is 4. The van der Waals surface area contributed by atoms with Crippen LogP contribution in [0.4, 0.5) is 0 Å². The first-order chi connectivity index (χ1) is 9.86. The van der Waals surface area contributed by atoms with Crippen LogP contribution < -0.4 is 10.5 Å². The SMILES string of the molecule is CC(=O)N1CC2CC2(NS(=O)(=O)c2ccc(CN)cc2)C1. The molecule has 0 spiro atoms. The summed E-state index contributed by atoms with van der Waals surface area (Å²) in [6.07, 6.45) is 0.802. The van der Waals surface area contributed by atoms with Crippen molar-refractivity contribution in [3.8, 4) is 0 Å². The second-order valence-corrected chi connectivity index (χ2v) is 7.59. The molecule has 3 rings (SSSR count). The van der Waals surface area contributed by atoms with Gasteiger partial charge in [0.25, 0.3) is 0 Å². The first-order valence-electron chi connectivity index (χ1n) is 6.95. The number of benzene rings is 1. The van der Waals surface area contributed by atoms with Gasteiger partial charge in [-0.25, -0.2) is 13.1 Å².